The van der Waals surface area contributed by atoms with Crippen molar-refractivity contribution >= 4 is 33.0 Å². The molecule has 0 aliphatic carbocycles. The normalized spacial score (nSPS) is 13.2. The van der Waals surface area contributed by atoms with Crippen molar-refractivity contribution < 1.29 is 8.53 Å². The largest absolute Gasteiger partial charge is 0.455 e. The van der Waals surface area contributed by atoms with E-state index in [4.69, 9.17) is 13.5 Å². The Morgan fingerprint density at radius 2 is 1.44 bits per heavy atom. The number of fused-ring (bicyclic) bond motifs is 4. The zero-order chi connectivity index (χ0) is 29.3. The SMILES string of the molecule is [2H]C([2H])([2H])c1cc(C)cc(-c2cccc3oc4c(-c5nc6ccccc6n5-c5c(C)cc(C)cc5C)cccc4c23)c1. The van der Waals surface area contributed by atoms with Crippen LogP contribution in [0.2, 0.25) is 0 Å². The number of rotatable bonds is 3. The molecule has 2 heterocycles. The van der Waals surface area contributed by atoms with Gasteiger partial charge in [0.25, 0.3) is 0 Å². The van der Waals surface area contributed by atoms with E-state index in [1.807, 2.05) is 55.5 Å². The van der Waals surface area contributed by atoms with Gasteiger partial charge in [-0.25, -0.2) is 4.98 Å². The van der Waals surface area contributed by atoms with E-state index in [0.717, 1.165) is 66.7 Å². The van der Waals surface area contributed by atoms with Gasteiger partial charge >= 0.3 is 0 Å². The number of nitrogens with zero attached hydrogens (tertiary/aromatic N) is 2. The second-order valence-electron chi connectivity index (χ2n) is 10.6. The minimum absolute atomic E-state index is 0.334. The first kappa shape index (κ1) is 20.3. The van der Waals surface area contributed by atoms with Crippen molar-refractivity contribution in [2.75, 3.05) is 0 Å². The van der Waals surface area contributed by atoms with Gasteiger partial charge in [-0.15, -0.1) is 0 Å². The van der Waals surface area contributed by atoms with E-state index < -0.39 is 6.85 Å². The highest BCUT2D eigenvalue weighted by Gasteiger charge is 2.22. The summed E-state index contributed by atoms with van der Waals surface area (Å²) in [6.07, 6.45) is 0. The van der Waals surface area contributed by atoms with Gasteiger partial charge in [0.2, 0.25) is 0 Å². The van der Waals surface area contributed by atoms with Crippen LogP contribution in [0.3, 0.4) is 0 Å². The number of para-hydroxylation sites is 3. The van der Waals surface area contributed by atoms with Crippen LogP contribution in [0.4, 0.5) is 0 Å². The van der Waals surface area contributed by atoms with Crippen LogP contribution in [-0.2, 0) is 0 Å². The quantitative estimate of drug-likeness (QED) is 0.237. The lowest BCUT2D eigenvalue weighted by atomic mass is 9.96. The van der Waals surface area contributed by atoms with E-state index in [0.29, 0.717) is 5.56 Å². The van der Waals surface area contributed by atoms with Crippen molar-refractivity contribution in [2.45, 2.75) is 34.5 Å². The second-order valence-corrected chi connectivity index (χ2v) is 10.6. The predicted octanol–water partition coefficient (Wildman–Crippen LogP) is 9.80. The maximum atomic E-state index is 8.00. The van der Waals surface area contributed by atoms with E-state index >= 15 is 0 Å². The minimum atomic E-state index is -2.19. The number of hydrogen-bond donors (Lipinski definition) is 0. The topological polar surface area (TPSA) is 31.0 Å². The van der Waals surface area contributed by atoms with Gasteiger partial charge in [0.15, 0.2) is 0 Å². The number of aromatic nitrogens is 2. The monoisotopic (exact) mass is 509 g/mol. The summed E-state index contributed by atoms with van der Waals surface area (Å²) in [4.78, 5) is 5.16. The Kier molecular flexibility index (Phi) is 4.54. The molecule has 7 aromatic rings. The summed E-state index contributed by atoms with van der Waals surface area (Å²) in [5, 5.41) is 1.92. The number of furan rings is 1. The molecular formula is C36H30N2O. The van der Waals surface area contributed by atoms with Gasteiger partial charge in [0, 0.05) is 14.9 Å². The van der Waals surface area contributed by atoms with Gasteiger partial charge in [-0.1, -0.05) is 83.4 Å². The third-order valence-electron chi connectivity index (χ3n) is 7.57. The fourth-order valence-electron chi connectivity index (χ4n) is 6.16. The lowest BCUT2D eigenvalue weighted by Crippen LogP contribution is -2.03. The third-order valence-corrected chi connectivity index (χ3v) is 7.57. The minimum Gasteiger partial charge on any atom is -0.455 e. The smallest absolute Gasteiger partial charge is 0.149 e. The fourth-order valence-corrected chi connectivity index (χ4v) is 6.16. The first-order chi connectivity index (χ1) is 20.1. The molecule has 7 rings (SSSR count). The maximum absolute atomic E-state index is 8.00. The molecule has 0 saturated carbocycles. The van der Waals surface area contributed by atoms with Crippen LogP contribution in [-0.4, -0.2) is 9.55 Å². The average Bonchev–Trinajstić information content (AvgIpc) is 3.50. The number of benzene rings is 5. The van der Waals surface area contributed by atoms with Crippen molar-refractivity contribution in [2.24, 2.45) is 0 Å². The summed E-state index contributed by atoms with van der Waals surface area (Å²) in [5.41, 5.74) is 12.1. The molecule has 0 radical (unpaired) electrons. The van der Waals surface area contributed by atoms with Crippen molar-refractivity contribution in [3.8, 4) is 28.2 Å². The molecule has 3 nitrogen and oxygen atoms in total. The van der Waals surface area contributed by atoms with Crippen LogP contribution in [0, 0.1) is 34.5 Å². The van der Waals surface area contributed by atoms with E-state index in [1.54, 1.807) is 12.1 Å². The number of imidazole rings is 1. The summed E-state index contributed by atoms with van der Waals surface area (Å²) in [5.74, 6) is 0.817. The van der Waals surface area contributed by atoms with E-state index in [-0.39, 0.29) is 0 Å². The van der Waals surface area contributed by atoms with E-state index in [1.165, 1.54) is 16.7 Å². The zero-order valence-corrected chi connectivity index (χ0v) is 22.5. The Balaban J connectivity index is 1.53. The molecule has 0 bridgehead atoms. The Hall–Kier alpha value is -4.63. The molecule has 2 aromatic heterocycles. The zero-order valence-electron chi connectivity index (χ0n) is 25.5. The lowest BCUT2D eigenvalue weighted by Gasteiger charge is -2.16. The van der Waals surface area contributed by atoms with Gasteiger partial charge < -0.3 is 4.42 Å². The highest BCUT2D eigenvalue weighted by atomic mass is 16.3. The molecule has 0 unspecified atom stereocenters. The maximum Gasteiger partial charge on any atom is 0.149 e. The Morgan fingerprint density at radius 1 is 0.718 bits per heavy atom. The van der Waals surface area contributed by atoms with Crippen molar-refractivity contribution in [1.29, 1.82) is 0 Å². The number of hydrogen-bond acceptors (Lipinski definition) is 2. The van der Waals surface area contributed by atoms with Crippen LogP contribution < -0.4 is 0 Å². The molecule has 190 valence electrons. The molecule has 0 atom stereocenters. The van der Waals surface area contributed by atoms with Gasteiger partial charge in [-0.3, -0.25) is 4.57 Å². The molecule has 39 heavy (non-hydrogen) atoms. The molecule has 3 heteroatoms. The van der Waals surface area contributed by atoms with Crippen LogP contribution in [0.5, 0.6) is 0 Å². The van der Waals surface area contributed by atoms with Crippen LogP contribution in [0.25, 0.3) is 61.2 Å². The van der Waals surface area contributed by atoms with E-state index in [9.17, 15) is 0 Å². The summed E-state index contributed by atoms with van der Waals surface area (Å²) < 4.78 is 32.9. The molecule has 5 aromatic carbocycles. The average molecular weight is 510 g/mol. The fraction of sp³-hybridized carbons (Fsp3) is 0.139. The molecule has 0 saturated heterocycles. The molecule has 0 amide bonds. The Morgan fingerprint density at radius 3 is 2.26 bits per heavy atom. The summed E-state index contributed by atoms with van der Waals surface area (Å²) in [6.45, 7) is 6.17. The van der Waals surface area contributed by atoms with Gasteiger partial charge in [-0.05, 0) is 81.1 Å². The van der Waals surface area contributed by atoms with Crippen molar-refractivity contribution in [3.05, 3.63) is 119 Å². The van der Waals surface area contributed by atoms with Crippen LogP contribution in [0.15, 0.2) is 95.4 Å². The lowest BCUT2D eigenvalue weighted by molar-refractivity contribution is 0.669. The standard InChI is InChI=1S/C36H30N2O/c1-21-16-22(2)20-26(19-21)27-10-9-15-32-33(27)28-11-8-12-29(35(28)39-32)36-37-30-13-6-7-14-31(30)38(36)34-24(4)17-23(3)18-25(34)5/h6-20H,1-5H3/i1D3. The van der Waals surface area contributed by atoms with Gasteiger partial charge in [0.05, 0.1) is 22.3 Å². The summed E-state index contributed by atoms with van der Waals surface area (Å²) >= 11 is 0. The Bertz CT molecular complexity index is 2160. The third kappa shape index (κ3) is 3.69. The molecule has 0 fully saturated rings. The first-order valence-electron chi connectivity index (χ1n) is 14.7. The molecule has 0 aliphatic heterocycles. The van der Waals surface area contributed by atoms with E-state index in [2.05, 4.69) is 55.7 Å². The molecule has 0 N–H and O–H groups in total. The van der Waals surface area contributed by atoms with Crippen molar-refractivity contribution in [1.82, 2.24) is 9.55 Å². The molecular weight excluding hydrogens is 476 g/mol. The Labute approximate surface area is 232 Å². The van der Waals surface area contributed by atoms with Crippen molar-refractivity contribution in [3.63, 3.8) is 0 Å². The molecule has 0 aliphatic rings. The van der Waals surface area contributed by atoms with Gasteiger partial charge in [-0.2, -0.15) is 0 Å². The van der Waals surface area contributed by atoms with Crippen LogP contribution in [0.1, 0.15) is 31.9 Å². The first-order valence-corrected chi connectivity index (χ1v) is 13.2. The van der Waals surface area contributed by atoms with Crippen LogP contribution >= 0.6 is 0 Å². The predicted molar refractivity (Wildman–Crippen MR) is 163 cm³/mol. The molecule has 0 spiro atoms. The second kappa shape index (κ2) is 8.71. The highest BCUT2D eigenvalue weighted by Crippen LogP contribution is 2.42. The highest BCUT2D eigenvalue weighted by molar-refractivity contribution is 6.15. The van der Waals surface area contributed by atoms with Gasteiger partial charge in [0.1, 0.15) is 17.0 Å². The number of aryl methyl sites for hydroxylation is 5. The summed E-state index contributed by atoms with van der Waals surface area (Å²) in [6, 6.07) is 30.4. The summed E-state index contributed by atoms with van der Waals surface area (Å²) in [7, 11) is 0.